The van der Waals surface area contributed by atoms with E-state index in [0.29, 0.717) is 24.1 Å². The van der Waals surface area contributed by atoms with Crippen LogP contribution in [0.15, 0.2) is 53.2 Å². The summed E-state index contributed by atoms with van der Waals surface area (Å²) in [7, 11) is 0. The van der Waals surface area contributed by atoms with Gasteiger partial charge in [0, 0.05) is 24.6 Å². The van der Waals surface area contributed by atoms with Gasteiger partial charge in [0.25, 0.3) is 5.91 Å². The number of benzene rings is 1. The van der Waals surface area contributed by atoms with Crippen LogP contribution in [0.4, 0.5) is 5.69 Å². The summed E-state index contributed by atoms with van der Waals surface area (Å²) in [5.74, 6) is -1.03. The summed E-state index contributed by atoms with van der Waals surface area (Å²) in [5.41, 5.74) is 4.93. The monoisotopic (exact) mass is 367 g/mol. The summed E-state index contributed by atoms with van der Waals surface area (Å²) in [4.78, 5) is 36.4. The lowest BCUT2D eigenvalue weighted by atomic mass is 9.95. The molecule has 1 unspecified atom stereocenters. The molecule has 1 aromatic rings. The van der Waals surface area contributed by atoms with Gasteiger partial charge in [0.05, 0.1) is 6.04 Å². The lowest BCUT2D eigenvalue weighted by Gasteiger charge is -2.20. The maximum atomic E-state index is 12.5. The molecule has 1 amide bonds. The molecule has 142 valence electrons. The van der Waals surface area contributed by atoms with Gasteiger partial charge in [-0.05, 0) is 30.5 Å². The van der Waals surface area contributed by atoms with Crippen molar-refractivity contribution < 1.29 is 14.4 Å². The van der Waals surface area contributed by atoms with E-state index in [-0.39, 0.29) is 17.5 Å². The van der Waals surface area contributed by atoms with Crippen molar-refractivity contribution in [1.29, 1.82) is 0 Å². The standard InChI is InChI=1S/C21H25N3O3/c1-4-15-10-12-16(13-11-15)22-21(27)20(14(3)25)24-23-18-9-7-6-8-17(18)19(26)5-2/h6-8,10-13,18,23H,4-5,9H2,1-3H3,(H,22,27)/b24-20-. The van der Waals surface area contributed by atoms with Gasteiger partial charge < -0.3 is 10.7 Å². The molecule has 27 heavy (non-hydrogen) atoms. The van der Waals surface area contributed by atoms with Crippen LogP contribution in [0.3, 0.4) is 0 Å². The molecule has 6 heteroatoms. The molecule has 1 aliphatic rings. The lowest BCUT2D eigenvalue weighted by molar-refractivity contribution is -0.116. The second kappa shape index (κ2) is 9.62. The Kier molecular flexibility index (Phi) is 7.23. The van der Waals surface area contributed by atoms with Crippen molar-refractivity contribution in [3.63, 3.8) is 0 Å². The summed E-state index contributed by atoms with van der Waals surface area (Å²) < 4.78 is 0. The van der Waals surface area contributed by atoms with Gasteiger partial charge in [0.1, 0.15) is 0 Å². The normalized spacial score (nSPS) is 16.5. The van der Waals surface area contributed by atoms with E-state index in [1.807, 2.05) is 31.2 Å². The SMILES string of the molecule is CCC(=O)C1=CC=CCC1N/N=C(/C(C)=O)C(=O)Nc1ccc(CC)cc1. The smallest absolute Gasteiger partial charge is 0.279 e. The third-order valence-corrected chi connectivity index (χ3v) is 4.30. The molecule has 0 aromatic heterocycles. The molecule has 0 saturated heterocycles. The molecule has 0 bridgehead atoms. The fraction of sp³-hybridized carbons (Fsp3) is 0.333. The molecule has 1 atom stereocenters. The Morgan fingerprint density at radius 1 is 1.15 bits per heavy atom. The van der Waals surface area contributed by atoms with E-state index in [1.54, 1.807) is 25.1 Å². The fourth-order valence-corrected chi connectivity index (χ4v) is 2.69. The first-order valence-electron chi connectivity index (χ1n) is 9.10. The van der Waals surface area contributed by atoms with E-state index in [2.05, 4.69) is 15.8 Å². The quantitative estimate of drug-likeness (QED) is 0.420. The van der Waals surface area contributed by atoms with Crippen molar-refractivity contribution in [2.75, 3.05) is 5.32 Å². The van der Waals surface area contributed by atoms with Gasteiger partial charge in [-0.3, -0.25) is 14.4 Å². The number of carbonyl (C=O) groups excluding carboxylic acids is 3. The van der Waals surface area contributed by atoms with E-state index in [0.717, 1.165) is 12.0 Å². The first-order chi connectivity index (χ1) is 13.0. The Morgan fingerprint density at radius 3 is 2.44 bits per heavy atom. The van der Waals surface area contributed by atoms with Gasteiger partial charge in [-0.25, -0.2) is 0 Å². The number of allylic oxidation sites excluding steroid dienone is 2. The molecule has 0 heterocycles. The van der Waals surface area contributed by atoms with Crippen molar-refractivity contribution in [2.45, 2.75) is 46.1 Å². The van der Waals surface area contributed by atoms with Crippen LogP contribution in [-0.2, 0) is 20.8 Å². The Balaban J connectivity index is 2.12. The van der Waals surface area contributed by atoms with Crippen LogP contribution in [0.25, 0.3) is 0 Å². The number of hydrogen-bond acceptors (Lipinski definition) is 5. The van der Waals surface area contributed by atoms with E-state index in [9.17, 15) is 14.4 Å². The van der Waals surface area contributed by atoms with Crippen molar-refractivity contribution in [2.24, 2.45) is 5.10 Å². The Hall–Kier alpha value is -3.02. The number of hydrogen-bond donors (Lipinski definition) is 2. The number of rotatable bonds is 8. The van der Waals surface area contributed by atoms with E-state index in [1.165, 1.54) is 6.92 Å². The van der Waals surface area contributed by atoms with Crippen LogP contribution in [0, 0.1) is 0 Å². The molecule has 2 rings (SSSR count). The van der Waals surface area contributed by atoms with Crippen LogP contribution in [0.1, 0.15) is 39.2 Å². The largest absolute Gasteiger partial charge is 0.320 e. The highest BCUT2D eigenvalue weighted by molar-refractivity contribution is 6.67. The molecule has 0 fully saturated rings. The van der Waals surface area contributed by atoms with Crippen LogP contribution in [0.5, 0.6) is 0 Å². The second-order valence-corrected chi connectivity index (χ2v) is 6.27. The molecule has 0 saturated carbocycles. The number of hydrazone groups is 1. The molecule has 0 aliphatic heterocycles. The van der Waals surface area contributed by atoms with Crippen LogP contribution >= 0.6 is 0 Å². The Bertz CT molecular complexity index is 804. The fourth-order valence-electron chi connectivity index (χ4n) is 2.69. The minimum absolute atomic E-state index is 0.0110. The summed E-state index contributed by atoms with van der Waals surface area (Å²) in [5, 5.41) is 6.70. The van der Waals surface area contributed by atoms with Gasteiger partial charge >= 0.3 is 0 Å². The minimum atomic E-state index is -0.585. The Morgan fingerprint density at radius 2 is 1.85 bits per heavy atom. The van der Waals surface area contributed by atoms with Crippen molar-refractivity contribution >= 4 is 28.9 Å². The van der Waals surface area contributed by atoms with Crippen molar-refractivity contribution in [1.82, 2.24) is 5.43 Å². The number of Topliss-reactive ketones (excluding diaryl/α,β-unsaturated/α-hetero) is 2. The molecule has 1 aliphatic carbocycles. The summed E-state index contributed by atoms with van der Waals surface area (Å²) >= 11 is 0. The average Bonchev–Trinajstić information content (AvgIpc) is 2.68. The average molecular weight is 367 g/mol. The molecule has 2 N–H and O–H groups in total. The number of anilines is 1. The number of ketones is 2. The van der Waals surface area contributed by atoms with E-state index >= 15 is 0 Å². The van der Waals surface area contributed by atoms with E-state index < -0.39 is 11.7 Å². The number of nitrogens with zero attached hydrogens (tertiary/aromatic N) is 1. The van der Waals surface area contributed by atoms with Crippen LogP contribution in [-0.4, -0.2) is 29.2 Å². The van der Waals surface area contributed by atoms with Crippen molar-refractivity contribution in [3.8, 4) is 0 Å². The molecule has 0 spiro atoms. The third-order valence-electron chi connectivity index (χ3n) is 4.30. The molecule has 1 aromatic carbocycles. The molecule has 6 nitrogen and oxygen atoms in total. The summed E-state index contributed by atoms with van der Waals surface area (Å²) in [6, 6.07) is 7.05. The zero-order chi connectivity index (χ0) is 19.8. The zero-order valence-corrected chi connectivity index (χ0v) is 15.9. The predicted octanol–water partition coefficient (Wildman–Crippen LogP) is 2.96. The molecule has 0 radical (unpaired) electrons. The van der Waals surface area contributed by atoms with E-state index in [4.69, 9.17) is 0 Å². The van der Waals surface area contributed by atoms with Gasteiger partial charge in [0.15, 0.2) is 17.3 Å². The first-order valence-corrected chi connectivity index (χ1v) is 9.10. The summed E-state index contributed by atoms with van der Waals surface area (Å²) in [6.07, 6.45) is 7.32. The number of carbonyl (C=O) groups is 3. The van der Waals surface area contributed by atoms with Crippen LogP contribution in [0.2, 0.25) is 0 Å². The predicted molar refractivity (Wildman–Crippen MR) is 107 cm³/mol. The third kappa shape index (κ3) is 5.48. The lowest BCUT2D eigenvalue weighted by Crippen LogP contribution is -2.36. The highest BCUT2D eigenvalue weighted by Gasteiger charge is 2.22. The topological polar surface area (TPSA) is 87.6 Å². The van der Waals surface area contributed by atoms with Gasteiger partial charge in [0.2, 0.25) is 0 Å². The van der Waals surface area contributed by atoms with Crippen molar-refractivity contribution in [3.05, 3.63) is 53.6 Å². The number of aryl methyl sites for hydroxylation is 1. The highest BCUT2D eigenvalue weighted by Crippen LogP contribution is 2.16. The zero-order valence-electron chi connectivity index (χ0n) is 15.9. The van der Waals surface area contributed by atoms with Crippen LogP contribution < -0.4 is 10.7 Å². The number of amides is 1. The van der Waals surface area contributed by atoms with Gasteiger partial charge in [-0.15, -0.1) is 0 Å². The summed E-state index contributed by atoms with van der Waals surface area (Å²) in [6.45, 7) is 5.13. The van der Waals surface area contributed by atoms with Gasteiger partial charge in [-0.1, -0.05) is 44.2 Å². The maximum absolute atomic E-state index is 12.5. The second-order valence-electron chi connectivity index (χ2n) is 6.27. The first kappa shape index (κ1) is 20.3. The van der Waals surface area contributed by atoms with Gasteiger partial charge in [-0.2, -0.15) is 5.10 Å². The molecular weight excluding hydrogens is 342 g/mol. The maximum Gasteiger partial charge on any atom is 0.279 e. The number of nitrogens with one attached hydrogen (secondary N) is 2. The minimum Gasteiger partial charge on any atom is -0.320 e. The Labute approximate surface area is 159 Å². The highest BCUT2D eigenvalue weighted by atomic mass is 16.2. The molecular formula is C21H25N3O3.